The Morgan fingerprint density at radius 3 is 2.80 bits per heavy atom. The van der Waals surface area contributed by atoms with Crippen LogP contribution in [-0.4, -0.2) is 16.1 Å². The molecule has 1 aromatic heterocycles. The molecule has 78 valence electrons. The number of fused-ring (bicyclic) bond motifs is 1. The van der Waals surface area contributed by atoms with Crippen molar-refractivity contribution in [3.8, 4) is 0 Å². The molecule has 0 saturated heterocycles. The van der Waals surface area contributed by atoms with E-state index in [1.807, 2.05) is 0 Å². The number of H-pyrrole nitrogens is 1. The maximum Gasteiger partial charge on any atom is 0.352 e. The first kappa shape index (κ1) is 10.4. The Balaban J connectivity index is 2.85. The minimum Gasteiger partial charge on any atom is -0.477 e. The van der Waals surface area contributed by atoms with E-state index in [-0.39, 0.29) is 16.2 Å². The van der Waals surface area contributed by atoms with Crippen molar-refractivity contribution in [1.82, 2.24) is 4.98 Å². The summed E-state index contributed by atoms with van der Waals surface area (Å²) in [5.74, 6) is -1.80. The fourth-order valence-corrected chi connectivity index (χ4v) is 2.18. The third kappa shape index (κ3) is 1.61. The van der Waals surface area contributed by atoms with Gasteiger partial charge in [-0.1, -0.05) is 27.5 Å². The summed E-state index contributed by atoms with van der Waals surface area (Å²) in [6, 6.07) is 2.74. The Hall–Kier alpha value is -1.07. The number of carbonyl (C=O) groups is 1. The molecule has 15 heavy (non-hydrogen) atoms. The first-order valence-corrected chi connectivity index (χ1v) is 5.07. The highest BCUT2D eigenvalue weighted by atomic mass is 79.9. The zero-order valence-corrected chi connectivity index (χ0v) is 9.49. The van der Waals surface area contributed by atoms with E-state index in [4.69, 9.17) is 16.7 Å². The summed E-state index contributed by atoms with van der Waals surface area (Å²) in [6.45, 7) is 0. The van der Waals surface area contributed by atoms with Gasteiger partial charge in [-0.3, -0.25) is 0 Å². The maximum absolute atomic E-state index is 13.5. The van der Waals surface area contributed by atoms with E-state index < -0.39 is 11.8 Å². The van der Waals surface area contributed by atoms with Gasteiger partial charge in [0.15, 0.2) is 5.82 Å². The number of aromatic carboxylic acids is 1. The summed E-state index contributed by atoms with van der Waals surface area (Å²) >= 11 is 8.79. The number of hydrogen-bond donors (Lipinski definition) is 2. The number of benzene rings is 1. The highest BCUT2D eigenvalue weighted by molar-refractivity contribution is 9.10. The smallest absolute Gasteiger partial charge is 0.352 e. The number of halogens is 3. The van der Waals surface area contributed by atoms with Crippen LogP contribution in [0.5, 0.6) is 0 Å². The zero-order chi connectivity index (χ0) is 11.2. The number of aromatic amines is 1. The molecule has 6 heteroatoms. The Morgan fingerprint density at radius 2 is 2.20 bits per heavy atom. The molecule has 0 aliphatic heterocycles. The van der Waals surface area contributed by atoms with Crippen LogP contribution in [0.3, 0.4) is 0 Å². The molecule has 2 rings (SSSR count). The number of rotatable bonds is 1. The number of carboxylic acids is 1. The van der Waals surface area contributed by atoms with Gasteiger partial charge >= 0.3 is 5.97 Å². The summed E-state index contributed by atoms with van der Waals surface area (Å²) in [5.41, 5.74) is 0.0126. The largest absolute Gasteiger partial charge is 0.477 e. The zero-order valence-electron chi connectivity index (χ0n) is 7.14. The second kappa shape index (κ2) is 3.50. The Morgan fingerprint density at radius 1 is 1.53 bits per heavy atom. The quantitative estimate of drug-likeness (QED) is 0.791. The van der Waals surface area contributed by atoms with E-state index in [9.17, 15) is 9.18 Å². The molecule has 2 N–H and O–H groups in total. The van der Waals surface area contributed by atoms with Gasteiger partial charge in [-0.2, -0.15) is 0 Å². The van der Waals surface area contributed by atoms with E-state index in [1.165, 1.54) is 12.1 Å². The third-order valence-electron chi connectivity index (χ3n) is 1.99. The van der Waals surface area contributed by atoms with E-state index in [2.05, 4.69) is 20.9 Å². The lowest BCUT2D eigenvalue weighted by atomic mass is 10.2. The first-order chi connectivity index (χ1) is 7.00. The van der Waals surface area contributed by atoms with Crippen molar-refractivity contribution >= 4 is 44.4 Å². The number of carboxylic acid groups (broad SMARTS) is 1. The Kier molecular flexibility index (Phi) is 2.44. The second-order valence-electron chi connectivity index (χ2n) is 2.93. The molecule has 2 aromatic rings. The van der Waals surface area contributed by atoms with Crippen molar-refractivity contribution in [2.75, 3.05) is 0 Å². The number of aromatic nitrogens is 1. The fraction of sp³-hybridized carbons (Fsp3) is 0. The molecule has 0 aliphatic carbocycles. The molecule has 0 unspecified atom stereocenters. The molecule has 0 spiro atoms. The molecular formula is C9H4BrClFNO2. The van der Waals surface area contributed by atoms with Crippen LogP contribution in [0.15, 0.2) is 16.6 Å². The van der Waals surface area contributed by atoms with Gasteiger partial charge in [-0.25, -0.2) is 9.18 Å². The van der Waals surface area contributed by atoms with Crippen LogP contribution in [0.4, 0.5) is 4.39 Å². The molecule has 0 fully saturated rings. The molecule has 0 saturated carbocycles. The normalized spacial score (nSPS) is 10.9. The second-order valence-corrected chi connectivity index (χ2v) is 4.19. The summed E-state index contributed by atoms with van der Waals surface area (Å²) in [7, 11) is 0. The van der Waals surface area contributed by atoms with Crippen LogP contribution in [-0.2, 0) is 0 Å². The van der Waals surface area contributed by atoms with Crippen molar-refractivity contribution in [3.63, 3.8) is 0 Å². The van der Waals surface area contributed by atoms with Gasteiger partial charge in [0, 0.05) is 9.86 Å². The van der Waals surface area contributed by atoms with Crippen molar-refractivity contribution in [2.24, 2.45) is 0 Å². The highest BCUT2D eigenvalue weighted by Gasteiger charge is 2.15. The third-order valence-corrected chi connectivity index (χ3v) is 2.92. The molecule has 0 bridgehead atoms. The van der Waals surface area contributed by atoms with Gasteiger partial charge in [0.2, 0.25) is 0 Å². The van der Waals surface area contributed by atoms with Gasteiger partial charge in [-0.05, 0) is 12.1 Å². The maximum atomic E-state index is 13.5. The predicted molar refractivity (Wildman–Crippen MR) is 57.9 cm³/mol. The van der Waals surface area contributed by atoms with Crippen LogP contribution in [0, 0.1) is 5.82 Å². The van der Waals surface area contributed by atoms with Gasteiger partial charge in [0.25, 0.3) is 0 Å². The molecule has 0 atom stereocenters. The Bertz CT molecular complexity index is 567. The van der Waals surface area contributed by atoms with Crippen LogP contribution >= 0.6 is 27.5 Å². The summed E-state index contributed by atoms with van der Waals surface area (Å²) < 4.78 is 14.0. The summed E-state index contributed by atoms with van der Waals surface area (Å²) in [6.07, 6.45) is 0. The van der Waals surface area contributed by atoms with Crippen molar-refractivity contribution in [1.29, 1.82) is 0 Å². The topological polar surface area (TPSA) is 53.1 Å². The summed E-state index contributed by atoms with van der Waals surface area (Å²) in [5, 5.41) is 9.13. The van der Waals surface area contributed by atoms with Crippen molar-refractivity contribution in [3.05, 3.63) is 33.1 Å². The molecule has 1 heterocycles. The first-order valence-electron chi connectivity index (χ1n) is 3.90. The van der Waals surface area contributed by atoms with Crippen molar-refractivity contribution < 1.29 is 14.3 Å². The standard InChI is InChI=1S/C9H4BrClFNO2/c10-4-2-5(11)7(12)8-3(4)1-6(13-8)9(14)15/h1-2,13H,(H,14,15). The van der Waals surface area contributed by atoms with Crippen LogP contribution in [0.25, 0.3) is 10.9 Å². The van der Waals surface area contributed by atoms with E-state index in [0.29, 0.717) is 9.86 Å². The summed E-state index contributed by atoms with van der Waals surface area (Å²) in [4.78, 5) is 13.1. The van der Waals surface area contributed by atoms with Crippen LogP contribution in [0.1, 0.15) is 10.5 Å². The van der Waals surface area contributed by atoms with Crippen LogP contribution < -0.4 is 0 Å². The van der Waals surface area contributed by atoms with Gasteiger partial charge in [0.05, 0.1) is 10.5 Å². The lowest BCUT2D eigenvalue weighted by molar-refractivity contribution is 0.0691. The molecule has 1 aromatic carbocycles. The van der Waals surface area contributed by atoms with E-state index in [1.54, 1.807) is 0 Å². The molecule has 0 amide bonds. The van der Waals surface area contributed by atoms with Gasteiger partial charge in [-0.15, -0.1) is 0 Å². The Labute approximate surface area is 97.0 Å². The molecular weight excluding hydrogens is 288 g/mol. The fourth-order valence-electron chi connectivity index (χ4n) is 1.30. The SMILES string of the molecule is O=C(O)c1cc2c(Br)cc(Cl)c(F)c2[nH]1. The lowest BCUT2D eigenvalue weighted by Gasteiger charge is -1.98. The van der Waals surface area contributed by atoms with E-state index in [0.717, 1.165) is 0 Å². The molecule has 0 aliphatic rings. The number of nitrogens with one attached hydrogen (secondary N) is 1. The average molecular weight is 292 g/mol. The van der Waals surface area contributed by atoms with Gasteiger partial charge in [0.1, 0.15) is 5.69 Å². The van der Waals surface area contributed by atoms with Gasteiger partial charge < -0.3 is 10.1 Å². The predicted octanol–water partition coefficient (Wildman–Crippen LogP) is 3.42. The highest BCUT2D eigenvalue weighted by Crippen LogP contribution is 2.31. The lowest BCUT2D eigenvalue weighted by Crippen LogP contribution is -1.95. The molecule has 0 radical (unpaired) electrons. The van der Waals surface area contributed by atoms with Crippen LogP contribution in [0.2, 0.25) is 5.02 Å². The number of hydrogen-bond acceptors (Lipinski definition) is 1. The molecule has 3 nitrogen and oxygen atoms in total. The van der Waals surface area contributed by atoms with E-state index >= 15 is 0 Å². The minimum atomic E-state index is -1.14. The average Bonchev–Trinajstić information content (AvgIpc) is 2.59. The van der Waals surface area contributed by atoms with Crippen molar-refractivity contribution in [2.45, 2.75) is 0 Å². The minimum absolute atomic E-state index is 0.0619. The monoisotopic (exact) mass is 291 g/mol.